The Bertz CT molecular complexity index is 574. The lowest BCUT2D eigenvalue weighted by molar-refractivity contribution is -0.893. The van der Waals surface area contributed by atoms with Crippen LogP contribution in [0, 0.1) is 16.7 Å². The van der Waals surface area contributed by atoms with E-state index in [2.05, 4.69) is 46.5 Å². The van der Waals surface area contributed by atoms with Crippen LogP contribution in [0.1, 0.15) is 73.6 Å². The summed E-state index contributed by atoms with van der Waals surface area (Å²) in [5, 5.41) is 21.9. The highest BCUT2D eigenvalue weighted by Gasteiger charge is 2.28. The first-order valence-corrected chi connectivity index (χ1v) is 11.1. The Morgan fingerprint density at radius 2 is 1.67 bits per heavy atom. The zero-order valence-electron chi connectivity index (χ0n) is 20.7. The van der Waals surface area contributed by atoms with Gasteiger partial charge in [-0.3, -0.25) is 9.59 Å². The topological polar surface area (TPSA) is 86.6 Å². The molecule has 1 amide bonds. The second-order valence-electron chi connectivity index (χ2n) is 11.7. The van der Waals surface area contributed by atoms with Crippen molar-refractivity contribution in [2.45, 2.75) is 79.8 Å². The van der Waals surface area contributed by atoms with E-state index in [1.165, 1.54) is 0 Å². The Balaban J connectivity index is 4.53. The first kappa shape index (κ1) is 28.6. The molecule has 0 saturated heterocycles. The Labute approximate surface area is 184 Å². The van der Waals surface area contributed by atoms with Gasteiger partial charge < -0.3 is 20.0 Å². The van der Waals surface area contributed by atoms with Crippen LogP contribution in [0.3, 0.4) is 0 Å². The van der Waals surface area contributed by atoms with Crippen LogP contribution >= 0.6 is 0 Å². The van der Waals surface area contributed by atoms with Gasteiger partial charge in [0.05, 0.1) is 26.6 Å². The first-order valence-electron chi connectivity index (χ1n) is 11.1. The molecule has 0 aliphatic carbocycles. The lowest BCUT2D eigenvalue weighted by Crippen LogP contribution is -2.46. The van der Waals surface area contributed by atoms with E-state index in [-0.39, 0.29) is 29.3 Å². The second kappa shape index (κ2) is 11.8. The van der Waals surface area contributed by atoms with Crippen molar-refractivity contribution in [3.63, 3.8) is 0 Å². The Morgan fingerprint density at radius 3 is 2.13 bits per heavy atom. The Morgan fingerprint density at radius 1 is 1.10 bits per heavy atom. The lowest BCUT2D eigenvalue weighted by atomic mass is 9.72. The average Bonchev–Trinajstić information content (AvgIpc) is 2.46. The molecule has 3 N–H and O–H groups in total. The van der Waals surface area contributed by atoms with Crippen LogP contribution in [0.4, 0.5) is 0 Å². The number of quaternary nitrogens is 1. The van der Waals surface area contributed by atoms with Gasteiger partial charge in [0.2, 0.25) is 5.91 Å². The number of rotatable bonds is 14. The predicted octanol–water partition coefficient (Wildman–Crippen LogP) is 3.84. The Hall–Kier alpha value is -1.40. The van der Waals surface area contributed by atoms with E-state index < -0.39 is 11.9 Å². The molecule has 0 heterocycles. The van der Waals surface area contributed by atoms with E-state index in [1.807, 2.05) is 14.1 Å². The fourth-order valence-corrected chi connectivity index (χ4v) is 4.68. The molecule has 0 aromatic rings. The molecule has 0 spiro atoms. The first-order chi connectivity index (χ1) is 13.4. The summed E-state index contributed by atoms with van der Waals surface area (Å²) < 4.78 is 0.676. The average molecular weight is 428 g/mol. The molecule has 2 atom stereocenters. The molecule has 0 saturated carbocycles. The molecule has 0 aliphatic heterocycles. The van der Waals surface area contributed by atoms with E-state index in [1.54, 1.807) is 6.92 Å². The standard InChI is InChI=1S/C24H46N2O4/c1-18(15-24(6,7)17-23(3,4)5)13-20(22(29)30)14-21(28)25-11-10-12-26(8,9)16-19(2)27/h19-20,27H,1,10-17H2,2-9H3,(H-,25,28,29,30)/p+1. The summed E-state index contributed by atoms with van der Waals surface area (Å²) in [4.78, 5) is 23.9. The highest BCUT2D eigenvalue weighted by atomic mass is 16.4. The van der Waals surface area contributed by atoms with Crippen molar-refractivity contribution in [1.82, 2.24) is 5.32 Å². The molecule has 30 heavy (non-hydrogen) atoms. The molecule has 2 unspecified atom stereocenters. The van der Waals surface area contributed by atoms with Crippen LogP contribution in [-0.2, 0) is 9.59 Å². The maximum Gasteiger partial charge on any atom is 0.307 e. The largest absolute Gasteiger partial charge is 0.481 e. The minimum absolute atomic E-state index is 0.0278. The van der Waals surface area contributed by atoms with Crippen molar-refractivity contribution in [2.75, 3.05) is 33.7 Å². The summed E-state index contributed by atoms with van der Waals surface area (Å²) in [6.45, 7) is 18.8. The normalized spacial score (nSPS) is 14.8. The molecule has 0 fully saturated rings. The highest BCUT2D eigenvalue weighted by molar-refractivity contribution is 5.82. The monoisotopic (exact) mass is 427 g/mol. The number of carboxylic acid groups (broad SMARTS) is 1. The molecule has 6 heteroatoms. The van der Waals surface area contributed by atoms with E-state index in [4.69, 9.17) is 0 Å². The van der Waals surface area contributed by atoms with Crippen molar-refractivity contribution >= 4 is 11.9 Å². The maximum atomic E-state index is 12.3. The van der Waals surface area contributed by atoms with E-state index in [9.17, 15) is 19.8 Å². The minimum Gasteiger partial charge on any atom is -0.481 e. The van der Waals surface area contributed by atoms with Gasteiger partial charge in [0.1, 0.15) is 12.6 Å². The molecule has 176 valence electrons. The van der Waals surface area contributed by atoms with Gasteiger partial charge in [0, 0.05) is 19.4 Å². The highest BCUT2D eigenvalue weighted by Crippen LogP contribution is 2.38. The summed E-state index contributed by atoms with van der Waals surface area (Å²) in [5.41, 5.74) is 1.12. The number of hydrogen-bond donors (Lipinski definition) is 3. The van der Waals surface area contributed by atoms with Gasteiger partial charge in [-0.1, -0.05) is 46.8 Å². The third kappa shape index (κ3) is 14.6. The second-order valence-corrected chi connectivity index (χ2v) is 11.7. The quantitative estimate of drug-likeness (QED) is 0.223. The molecule has 0 bridgehead atoms. The SMILES string of the molecule is C=C(CC(CC(=O)NCCC[N+](C)(C)CC(C)O)C(=O)O)CC(C)(C)CC(C)(C)C. The van der Waals surface area contributed by atoms with Gasteiger partial charge in [0.25, 0.3) is 0 Å². The number of aliphatic carboxylic acids is 1. The third-order valence-electron chi connectivity index (χ3n) is 5.07. The lowest BCUT2D eigenvalue weighted by Gasteiger charge is -2.33. The van der Waals surface area contributed by atoms with Gasteiger partial charge in [-0.05, 0) is 37.0 Å². The molecule has 0 aliphatic rings. The zero-order valence-corrected chi connectivity index (χ0v) is 20.7. The summed E-state index contributed by atoms with van der Waals surface area (Å²) >= 11 is 0. The number of nitrogens with zero attached hydrogens (tertiary/aromatic N) is 1. The minimum atomic E-state index is -0.949. The molecule has 0 aromatic heterocycles. The number of aliphatic hydroxyl groups excluding tert-OH is 1. The van der Waals surface area contributed by atoms with Gasteiger partial charge in [-0.25, -0.2) is 0 Å². The molecule has 6 nitrogen and oxygen atoms in total. The number of amides is 1. The zero-order chi connectivity index (χ0) is 23.8. The van der Waals surface area contributed by atoms with Crippen molar-refractivity contribution in [1.29, 1.82) is 0 Å². The van der Waals surface area contributed by atoms with E-state index in [0.29, 0.717) is 24.0 Å². The number of likely N-dealkylation sites (N-methyl/N-ethyl adjacent to an activating group) is 1. The van der Waals surface area contributed by atoms with Crippen LogP contribution in [-0.4, -0.2) is 66.4 Å². The molecular weight excluding hydrogens is 380 g/mol. The van der Waals surface area contributed by atoms with Crippen molar-refractivity contribution in [2.24, 2.45) is 16.7 Å². The number of hydrogen-bond acceptors (Lipinski definition) is 3. The van der Waals surface area contributed by atoms with E-state index in [0.717, 1.165) is 31.4 Å². The fourth-order valence-electron chi connectivity index (χ4n) is 4.68. The number of carbonyl (C=O) groups is 2. The number of carboxylic acids is 1. The van der Waals surface area contributed by atoms with Crippen LogP contribution in [0.2, 0.25) is 0 Å². The summed E-state index contributed by atoms with van der Waals surface area (Å²) in [7, 11) is 4.09. The molecule has 0 aromatic carbocycles. The van der Waals surface area contributed by atoms with Gasteiger partial charge in [-0.15, -0.1) is 0 Å². The van der Waals surface area contributed by atoms with Crippen LogP contribution < -0.4 is 5.32 Å². The summed E-state index contributed by atoms with van der Waals surface area (Å²) in [5.74, 6) is -1.93. The number of carbonyl (C=O) groups excluding carboxylic acids is 1. The van der Waals surface area contributed by atoms with Crippen molar-refractivity contribution < 1.29 is 24.3 Å². The van der Waals surface area contributed by atoms with Crippen LogP contribution in [0.5, 0.6) is 0 Å². The van der Waals surface area contributed by atoms with Crippen molar-refractivity contribution in [3.05, 3.63) is 12.2 Å². The Kier molecular flexibility index (Phi) is 11.3. The summed E-state index contributed by atoms with van der Waals surface area (Å²) in [6.07, 6.45) is 2.48. The number of nitrogens with one attached hydrogen (secondary N) is 1. The molecular formula is C24H47N2O4+. The van der Waals surface area contributed by atoms with E-state index >= 15 is 0 Å². The summed E-state index contributed by atoms with van der Waals surface area (Å²) in [6, 6.07) is 0. The molecule has 0 radical (unpaired) electrons. The van der Waals surface area contributed by atoms with Crippen molar-refractivity contribution in [3.8, 4) is 0 Å². The fraction of sp³-hybridized carbons (Fsp3) is 0.833. The molecule has 0 rings (SSSR count). The van der Waals surface area contributed by atoms with Gasteiger partial charge >= 0.3 is 5.97 Å². The number of allylic oxidation sites excluding steroid dienone is 1. The third-order valence-corrected chi connectivity index (χ3v) is 5.07. The van der Waals surface area contributed by atoms with Gasteiger partial charge in [0.15, 0.2) is 0 Å². The van der Waals surface area contributed by atoms with Crippen LogP contribution in [0.15, 0.2) is 12.2 Å². The maximum absolute atomic E-state index is 12.3. The van der Waals surface area contributed by atoms with Gasteiger partial charge in [-0.2, -0.15) is 0 Å². The predicted molar refractivity (Wildman–Crippen MR) is 123 cm³/mol. The van der Waals surface area contributed by atoms with Crippen LogP contribution in [0.25, 0.3) is 0 Å². The number of aliphatic hydroxyl groups is 1. The smallest absolute Gasteiger partial charge is 0.307 e.